The third-order valence-electron chi connectivity index (χ3n) is 10.9. The van der Waals surface area contributed by atoms with Crippen LogP contribution in [0.25, 0.3) is 0 Å². The van der Waals surface area contributed by atoms with Crippen LogP contribution in [0.3, 0.4) is 0 Å². The van der Waals surface area contributed by atoms with Crippen LogP contribution in [0.1, 0.15) is 213 Å². The van der Waals surface area contributed by atoms with E-state index in [-0.39, 0.29) is 19.2 Å². The first-order chi connectivity index (χ1) is 26.9. The second-order valence-corrected chi connectivity index (χ2v) is 16.2. The van der Waals surface area contributed by atoms with Crippen molar-refractivity contribution in [1.82, 2.24) is 0 Å². The van der Waals surface area contributed by atoms with Crippen molar-refractivity contribution < 1.29 is 44.2 Å². The second-order valence-electron chi connectivity index (χ2n) is 16.2. The number of rotatable bonds is 40. The first-order valence-electron chi connectivity index (χ1n) is 23.3. The van der Waals surface area contributed by atoms with Gasteiger partial charge in [0.05, 0.1) is 19.8 Å². The van der Waals surface area contributed by atoms with Crippen molar-refractivity contribution in [1.29, 1.82) is 0 Å². The molecule has 9 heteroatoms. The predicted molar refractivity (Wildman–Crippen MR) is 224 cm³/mol. The molecule has 0 radical (unpaired) electrons. The maximum atomic E-state index is 12.7. The van der Waals surface area contributed by atoms with Gasteiger partial charge in [-0.25, -0.2) is 0 Å². The summed E-state index contributed by atoms with van der Waals surface area (Å²) in [5.41, 5.74) is 0. The van der Waals surface area contributed by atoms with Gasteiger partial charge in [0.2, 0.25) is 0 Å². The number of aliphatic hydroxyl groups excluding tert-OH is 4. The summed E-state index contributed by atoms with van der Waals surface area (Å²) >= 11 is 0. The van der Waals surface area contributed by atoms with Gasteiger partial charge in [0.25, 0.3) is 0 Å². The normalized spacial score (nSPS) is 20.7. The fraction of sp³-hybridized carbons (Fsp3) is 0.935. The smallest absolute Gasteiger partial charge is 0.306 e. The van der Waals surface area contributed by atoms with Crippen LogP contribution in [0.5, 0.6) is 0 Å². The Kier molecular flexibility index (Phi) is 36.3. The largest absolute Gasteiger partial charge is 0.457 e. The monoisotopic (exact) mass is 785 g/mol. The van der Waals surface area contributed by atoms with E-state index in [9.17, 15) is 25.2 Å². The topological polar surface area (TPSA) is 135 Å². The zero-order chi connectivity index (χ0) is 40.0. The van der Waals surface area contributed by atoms with Crippen molar-refractivity contribution in [2.45, 2.75) is 250 Å². The third kappa shape index (κ3) is 29.8. The number of esters is 1. The third-order valence-corrected chi connectivity index (χ3v) is 10.9. The van der Waals surface area contributed by atoms with E-state index < -0.39 is 43.4 Å². The summed E-state index contributed by atoms with van der Waals surface area (Å²) in [4.78, 5) is 12.7. The molecule has 6 unspecified atom stereocenters. The van der Waals surface area contributed by atoms with Gasteiger partial charge >= 0.3 is 5.97 Å². The fourth-order valence-electron chi connectivity index (χ4n) is 7.26. The molecule has 55 heavy (non-hydrogen) atoms. The highest BCUT2D eigenvalue weighted by Crippen LogP contribution is 2.23. The Bertz CT molecular complexity index is 853. The minimum Gasteiger partial charge on any atom is -0.457 e. The first-order valence-corrected chi connectivity index (χ1v) is 23.3. The van der Waals surface area contributed by atoms with Gasteiger partial charge in [-0.3, -0.25) is 4.79 Å². The summed E-state index contributed by atoms with van der Waals surface area (Å²) < 4.78 is 22.8. The van der Waals surface area contributed by atoms with Crippen molar-refractivity contribution in [3.63, 3.8) is 0 Å². The Hall–Kier alpha value is -1.07. The molecule has 0 aromatic carbocycles. The van der Waals surface area contributed by atoms with Crippen LogP contribution < -0.4 is 0 Å². The predicted octanol–water partition coefficient (Wildman–Crippen LogP) is 10.4. The van der Waals surface area contributed by atoms with E-state index in [1.165, 1.54) is 141 Å². The Balaban J connectivity index is 2.16. The van der Waals surface area contributed by atoms with E-state index in [0.717, 1.165) is 51.4 Å². The van der Waals surface area contributed by atoms with Gasteiger partial charge in [-0.15, -0.1) is 0 Å². The summed E-state index contributed by atoms with van der Waals surface area (Å²) in [5.74, 6) is -0.321. The molecule has 0 aliphatic carbocycles. The Morgan fingerprint density at radius 2 is 1.04 bits per heavy atom. The molecule has 0 aromatic heterocycles. The second kappa shape index (κ2) is 38.4. The number of carbonyl (C=O) groups excluding carboxylic acids is 1. The van der Waals surface area contributed by atoms with Crippen molar-refractivity contribution in [3.05, 3.63) is 12.2 Å². The number of aliphatic hydroxyl groups is 4. The van der Waals surface area contributed by atoms with E-state index in [1.807, 2.05) is 0 Å². The molecule has 9 nitrogen and oxygen atoms in total. The van der Waals surface area contributed by atoms with Crippen LogP contribution in [-0.2, 0) is 23.7 Å². The molecule has 0 saturated carbocycles. The zero-order valence-electron chi connectivity index (χ0n) is 35.7. The van der Waals surface area contributed by atoms with Gasteiger partial charge in [-0.1, -0.05) is 187 Å². The van der Waals surface area contributed by atoms with E-state index >= 15 is 0 Å². The van der Waals surface area contributed by atoms with Gasteiger partial charge in [0.15, 0.2) is 6.29 Å². The van der Waals surface area contributed by atoms with E-state index in [0.29, 0.717) is 13.0 Å². The molecular formula is C46H88O9. The molecule has 1 heterocycles. The Labute approximate surface area is 337 Å². The molecule has 1 fully saturated rings. The molecule has 4 N–H and O–H groups in total. The molecule has 0 spiro atoms. The van der Waals surface area contributed by atoms with Crippen molar-refractivity contribution >= 4 is 5.97 Å². The molecule has 1 aliphatic rings. The maximum absolute atomic E-state index is 12.7. The van der Waals surface area contributed by atoms with Gasteiger partial charge < -0.3 is 39.4 Å². The van der Waals surface area contributed by atoms with Crippen LogP contribution in [0, 0.1) is 0 Å². The molecular weight excluding hydrogens is 696 g/mol. The highest BCUT2D eigenvalue weighted by molar-refractivity contribution is 5.69. The van der Waals surface area contributed by atoms with Crippen molar-refractivity contribution in [2.24, 2.45) is 0 Å². The highest BCUT2D eigenvalue weighted by Gasteiger charge is 2.44. The summed E-state index contributed by atoms with van der Waals surface area (Å²) in [6.07, 6.45) is 35.4. The molecule has 1 saturated heterocycles. The van der Waals surface area contributed by atoms with Crippen LogP contribution in [0.4, 0.5) is 0 Å². The van der Waals surface area contributed by atoms with Crippen LogP contribution in [0.15, 0.2) is 12.2 Å². The molecule has 1 aliphatic heterocycles. The summed E-state index contributed by atoms with van der Waals surface area (Å²) in [6.45, 7) is 4.52. The van der Waals surface area contributed by atoms with Crippen LogP contribution >= 0.6 is 0 Å². The van der Waals surface area contributed by atoms with Gasteiger partial charge in [0, 0.05) is 13.0 Å². The Morgan fingerprint density at radius 1 is 0.564 bits per heavy atom. The average Bonchev–Trinajstić information content (AvgIpc) is 3.18. The van der Waals surface area contributed by atoms with Crippen LogP contribution in [0.2, 0.25) is 0 Å². The molecule has 0 aromatic rings. The lowest BCUT2D eigenvalue weighted by molar-refractivity contribution is -0.305. The lowest BCUT2D eigenvalue weighted by Gasteiger charge is -2.39. The SMILES string of the molecule is CCC/C=C\CCCCCCCC(=O)OC(COCCCCCCCCCCCCCCCCCCCCCCCC)COC1OC(CO)C(O)C(O)C1O. The highest BCUT2D eigenvalue weighted by atomic mass is 16.7. The first kappa shape index (κ1) is 51.9. The quantitative estimate of drug-likeness (QED) is 0.0272. The number of carbonyl (C=O) groups is 1. The molecule has 326 valence electrons. The summed E-state index contributed by atoms with van der Waals surface area (Å²) in [5, 5.41) is 40.0. The number of allylic oxidation sites excluding steroid dienone is 2. The molecule has 0 bridgehead atoms. The van der Waals surface area contributed by atoms with Crippen LogP contribution in [-0.4, -0.2) is 89.6 Å². The molecule has 1 rings (SSSR count). The van der Waals surface area contributed by atoms with E-state index in [2.05, 4.69) is 26.0 Å². The summed E-state index contributed by atoms with van der Waals surface area (Å²) in [6, 6.07) is 0. The maximum Gasteiger partial charge on any atom is 0.306 e. The average molecular weight is 785 g/mol. The number of ether oxygens (including phenoxy) is 4. The molecule has 0 amide bonds. The standard InChI is InChI=1S/C46H88O9/c1-3-5-7-9-11-13-15-16-17-18-19-20-21-22-23-24-25-26-28-30-32-34-36-52-38-40(39-53-46-45(51)44(50)43(49)41(37-47)55-46)54-42(48)35-33-31-29-27-14-12-10-8-6-4-2/h8,10,40-41,43-47,49-51H,3-7,9,11-39H2,1-2H3/b10-8-. The van der Waals surface area contributed by atoms with Crippen molar-refractivity contribution in [2.75, 3.05) is 26.4 Å². The zero-order valence-corrected chi connectivity index (χ0v) is 35.7. The minimum atomic E-state index is -1.53. The minimum absolute atomic E-state index is 0.112. The molecule has 6 atom stereocenters. The Morgan fingerprint density at radius 3 is 1.55 bits per heavy atom. The number of hydrogen-bond donors (Lipinski definition) is 4. The number of unbranched alkanes of at least 4 members (excludes halogenated alkanes) is 27. The van der Waals surface area contributed by atoms with Crippen molar-refractivity contribution in [3.8, 4) is 0 Å². The van der Waals surface area contributed by atoms with Gasteiger partial charge in [-0.2, -0.15) is 0 Å². The fourth-order valence-corrected chi connectivity index (χ4v) is 7.26. The van der Waals surface area contributed by atoms with E-state index in [1.54, 1.807) is 0 Å². The van der Waals surface area contributed by atoms with Gasteiger partial charge in [0.1, 0.15) is 30.5 Å². The lowest BCUT2D eigenvalue weighted by Crippen LogP contribution is -2.59. The van der Waals surface area contributed by atoms with E-state index in [4.69, 9.17) is 18.9 Å². The van der Waals surface area contributed by atoms with Gasteiger partial charge in [-0.05, 0) is 32.1 Å². The summed E-state index contributed by atoms with van der Waals surface area (Å²) in [7, 11) is 0. The number of hydrogen-bond acceptors (Lipinski definition) is 9. The lowest BCUT2D eigenvalue weighted by atomic mass is 9.99.